The second kappa shape index (κ2) is 7.65. The Morgan fingerprint density at radius 1 is 0.867 bits per heavy atom. The van der Waals surface area contributed by atoms with Crippen LogP contribution in [0.1, 0.15) is 11.1 Å². The number of piperazine rings is 1. The summed E-state index contributed by atoms with van der Waals surface area (Å²) < 4.78 is 1.92. The average Bonchev–Trinajstić information content (AvgIpc) is 3.20. The van der Waals surface area contributed by atoms with Gasteiger partial charge in [0.05, 0.1) is 5.69 Å². The predicted molar refractivity (Wildman–Crippen MR) is 124 cm³/mol. The van der Waals surface area contributed by atoms with Crippen LogP contribution in [0.3, 0.4) is 0 Å². The van der Waals surface area contributed by atoms with Gasteiger partial charge in [0, 0.05) is 54.8 Å². The third-order valence-electron chi connectivity index (χ3n) is 5.79. The fourth-order valence-corrected chi connectivity index (χ4v) is 4.26. The van der Waals surface area contributed by atoms with E-state index >= 15 is 0 Å². The molecule has 30 heavy (non-hydrogen) atoms. The van der Waals surface area contributed by atoms with E-state index in [9.17, 15) is 0 Å². The molecule has 0 unspecified atom stereocenters. The van der Waals surface area contributed by atoms with E-state index in [0.717, 1.165) is 53.8 Å². The van der Waals surface area contributed by atoms with Gasteiger partial charge in [-0.1, -0.05) is 35.9 Å². The van der Waals surface area contributed by atoms with Crippen molar-refractivity contribution < 1.29 is 0 Å². The molecule has 0 amide bonds. The van der Waals surface area contributed by atoms with Crippen LogP contribution in [0.2, 0.25) is 5.02 Å². The number of nitrogens with zero attached hydrogens (tertiary/aromatic N) is 5. The lowest BCUT2D eigenvalue weighted by Crippen LogP contribution is -2.47. The van der Waals surface area contributed by atoms with Crippen molar-refractivity contribution in [3.63, 3.8) is 0 Å². The molecule has 6 heteroatoms. The van der Waals surface area contributed by atoms with Crippen molar-refractivity contribution in [1.29, 1.82) is 0 Å². The fourth-order valence-electron chi connectivity index (χ4n) is 4.13. The van der Waals surface area contributed by atoms with Crippen LogP contribution >= 0.6 is 11.6 Å². The van der Waals surface area contributed by atoms with Crippen molar-refractivity contribution in [2.75, 3.05) is 36.0 Å². The summed E-state index contributed by atoms with van der Waals surface area (Å²) >= 11 is 6.03. The second-order valence-corrected chi connectivity index (χ2v) is 8.32. The number of benzene rings is 2. The van der Waals surface area contributed by atoms with Crippen LogP contribution < -0.4 is 9.80 Å². The molecule has 0 saturated carbocycles. The van der Waals surface area contributed by atoms with Gasteiger partial charge in [0.1, 0.15) is 5.52 Å². The summed E-state index contributed by atoms with van der Waals surface area (Å²) in [6.45, 7) is 8.16. The number of rotatable bonds is 3. The number of halogens is 1. The summed E-state index contributed by atoms with van der Waals surface area (Å²) in [4.78, 5) is 9.55. The Labute approximate surface area is 181 Å². The van der Waals surface area contributed by atoms with Crippen LogP contribution in [0.25, 0.3) is 16.8 Å². The van der Waals surface area contributed by atoms with Gasteiger partial charge < -0.3 is 9.80 Å². The molecule has 1 aliphatic rings. The van der Waals surface area contributed by atoms with E-state index in [4.69, 9.17) is 21.7 Å². The normalized spacial score (nSPS) is 14.5. The molecule has 0 bridgehead atoms. The molecule has 5 rings (SSSR count). The maximum absolute atomic E-state index is 6.03. The Hall–Kier alpha value is -3.05. The van der Waals surface area contributed by atoms with Gasteiger partial charge in [0.15, 0.2) is 5.82 Å². The highest BCUT2D eigenvalue weighted by Crippen LogP contribution is 2.28. The van der Waals surface area contributed by atoms with Crippen molar-refractivity contribution >= 4 is 28.6 Å². The fraction of sp³-hybridized carbons (Fsp3) is 0.250. The highest BCUT2D eigenvalue weighted by atomic mass is 35.5. The molecule has 5 nitrogen and oxygen atoms in total. The van der Waals surface area contributed by atoms with Gasteiger partial charge >= 0.3 is 0 Å². The van der Waals surface area contributed by atoms with E-state index in [1.807, 2.05) is 41.2 Å². The zero-order chi connectivity index (χ0) is 20.7. The summed E-state index contributed by atoms with van der Waals surface area (Å²) in [7, 11) is 0. The number of fused-ring (bicyclic) bond motifs is 1. The molecular formula is C24H24ClN5. The Kier molecular flexibility index (Phi) is 4.83. The molecule has 4 aromatic rings. The lowest BCUT2D eigenvalue weighted by molar-refractivity contribution is 0.646. The summed E-state index contributed by atoms with van der Waals surface area (Å²) in [5.41, 5.74) is 6.98. The molecule has 2 aromatic heterocycles. The maximum atomic E-state index is 6.03. The molecule has 1 saturated heterocycles. The van der Waals surface area contributed by atoms with Crippen LogP contribution in [-0.2, 0) is 0 Å². The summed E-state index contributed by atoms with van der Waals surface area (Å²) in [5, 5.41) is 5.48. The van der Waals surface area contributed by atoms with Gasteiger partial charge in [0.2, 0.25) is 0 Å². The monoisotopic (exact) mass is 417 g/mol. The number of aryl methyl sites for hydroxylation is 2. The molecular weight excluding hydrogens is 394 g/mol. The van der Waals surface area contributed by atoms with Gasteiger partial charge in [-0.15, -0.1) is 0 Å². The largest absolute Gasteiger partial charge is 0.368 e. The predicted octanol–water partition coefficient (Wildman–Crippen LogP) is 4.99. The van der Waals surface area contributed by atoms with Gasteiger partial charge in [-0.3, -0.25) is 0 Å². The molecule has 2 aromatic carbocycles. The van der Waals surface area contributed by atoms with Gasteiger partial charge in [-0.05, 0) is 49.2 Å². The molecule has 0 aliphatic carbocycles. The van der Waals surface area contributed by atoms with Gasteiger partial charge in [0.25, 0.3) is 0 Å². The van der Waals surface area contributed by atoms with Crippen LogP contribution in [0, 0.1) is 13.8 Å². The quantitative estimate of drug-likeness (QED) is 0.470. The summed E-state index contributed by atoms with van der Waals surface area (Å²) in [6.07, 6.45) is 3.74. The number of hydrogen-bond acceptors (Lipinski definition) is 4. The Morgan fingerprint density at radius 3 is 2.37 bits per heavy atom. The van der Waals surface area contributed by atoms with E-state index in [1.165, 1.54) is 16.8 Å². The SMILES string of the molecule is Cc1ccc(C)c(N2CCN(c3nccn4nc(-c5ccc(Cl)cc5)cc34)CC2)c1. The van der Waals surface area contributed by atoms with Gasteiger partial charge in [-0.2, -0.15) is 5.10 Å². The first-order valence-corrected chi connectivity index (χ1v) is 10.6. The minimum Gasteiger partial charge on any atom is -0.368 e. The third kappa shape index (κ3) is 3.50. The number of aromatic nitrogens is 3. The van der Waals surface area contributed by atoms with Crippen LogP contribution in [0.5, 0.6) is 0 Å². The molecule has 0 N–H and O–H groups in total. The van der Waals surface area contributed by atoms with Crippen LogP contribution in [-0.4, -0.2) is 40.8 Å². The van der Waals surface area contributed by atoms with Crippen LogP contribution in [0.15, 0.2) is 60.9 Å². The van der Waals surface area contributed by atoms with Crippen molar-refractivity contribution in [1.82, 2.24) is 14.6 Å². The number of hydrogen-bond donors (Lipinski definition) is 0. The maximum Gasteiger partial charge on any atom is 0.154 e. The Morgan fingerprint density at radius 2 is 1.60 bits per heavy atom. The second-order valence-electron chi connectivity index (χ2n) is 7.88. The van der Waals surface area contributed by atoms with E-state index in [2.05, 4.69) is 47.9 Å². The average molecular weight is 418 g/mol. The van der Waals surface area contributed by atoms with E-state index in [1.54, 1.807) is 0 Å². The molecule has 3 heterocycles. The minimum atomic E-state index is 0.728. The lowest BCUT2D eigenvalue weighted by Gasteiger charge is -2.37. The number of anilines is 2. The summed E-state index contributed by atoms with van der Waals surface area (Å²) in [5.74, 6) is 0.992. The van der Waals surface area contributed by atoms with Crippen molar-refractivity contribution in [3.05, 3.63) is 77.1 Å². The first-order valence-electron chi connectivity index (χ1n) is 10.3. The van der Waals surface area contributed by atoms with Crippen LogP contribution in [0.4, 0.5) is 11.5 Å². The lowest BCUT2D eigenvalue weighted by atomic mass is 10.1. The first kappa shape index (κ1) is 18.9. The van der Waals surface area contributed by atoms with Crippen molar-refractivity contribution in [2.24, 2.45) is 0 Å². The van der Waals surface area contributed by atoms with E-state index < -0.39 is 0 Å². The standard InChI is InChI=1S/C24H24ClN5/c1-17-3-4-18(2)22(15-17)28-11-13-29(14-12-28)24-23-16-21(27-30(23)10-9-26-24)19-5-7-20(25)8-6-19/h3-10,15-16H,11-14H2,1-2H3. The van der Waals surface area contributed by atoms with Gasteiger partial charge in [-0.25, -0.2) is 9.50 Å². The molecule has 0 spiro atoms. The Bertz CT molecular complexity index is 1190. The Balaban J connectivity index is 1.40. The van der Waals surface area contributed by atoms with E-state index in [-0.39, 0.29) is 0 Å². The molecule has 0 radical (unpaired) electrons. The highest BCUT2D eigenvalue weighted by Gasteiger charge is 2.22. The molecule has 1 aliphatic heterocycles. The topological polar surface area (TPSA) is 36.7 Å². The molecule has 0 atom stereocenters. The first-order chi connectivity index (χ1) is 14.6. The highest BCUT2D eigenvalue weighted by molar-refractivity contribution is 6.30. The van der Waals surface area contributed by atoms with E-state index in [0.29, 0.717) is 0 Å². The molecule has 1 fully saturated rings. The molecule has 152 valence electrons. The summed E-state index contributed by atoms with van der Waals surface area (Å²) in [6, 6.07) is 16.6. The minimum absolute atomic E-state index is 0.728. The zero-order valence-electron chi connectivity index (χ0n) is 17.2. The van der Waals surface area contributed by atoms with Crippen molar-refractivity contribution in [3.8, 4) is 11.3 Å². The third-order valence-corrected chi connectivity index (χ3v) is 6.05. The smallest absolute Gasteiger partial charge is 0.154 e. The van der Waals surface area contributed by atoms with Crippen molar-refractivity contribution in [2.45, 2.75) is 13.8 Å². The zero-order valence-corrected chi connectivity index (χ0v) is 18.0.